The molecule has 3 N–H and O–H groups in total. The molecule has 0 aliphatic carbocycles. The normalized spacial score (nSPS) is 14.2. The van der Waals surface area contributed by atoms with Crippen LogP contribution in [-0.4, -0.2) is 52.7 Å². The van der Waals surface area contributed by atoms with E-state index in [1.165, 1.54) is 48.9 Å². The summed E-state index contributed by atoms with van der Waals surface area (Å²) in [5, 5.41) is 19.1. The van der Waals surface area contributed by atoms with Gasteiger partial charge in [-0.15, -0.1) is 0 Å². The van der Waals surface area contributed by atoms with Gasteiger partial charge in [0.15, 0.2) is 0 Å². The Morgan fingerprint density at radius 2 is 1.50 bits per heavy atom. The number of carbonyl (C=O) groups is 2. The Kier molecular flexibility index (Phi) is 12.1. The maximum Gasteiger partial charge on any atom is 0.328 e. The fourth-order valence-electron chi connectivity index (χ4n) is 4.31. The third-order valence-corrected chi connectivity index (χ3v) is 6.32. The molecule has 3 rings (SSSR count). The second kappa shape index (κ2) is 15.0. The van der Waals surface area contributed by atoms with E-state index in [0.29, 0.717) is 18.2 Å². The number of hydrogen-bond acceptors (Lipinski definition) is 4. The average molecular weight is 467 g/mol. The van der Waals surface area contributed by atoms with Crippen LogP contribution in [0.15, 0.2) is 66.7 Å². The largest absolute Gasteiger partial charge is 0.478 e. The molecule has 0 bridgehead atoms. The smallest absolute Gasteiger partial charge is 0.328 e. The van der Waals surface area contributed by atoms with E-state index in [1.54, 1.807) is 0 Å². The van der Waals surface area contributed by atoms with Gasteiger partial charge in [0.1, 0.15) is 0 Å². The van der Waals surface area contributed by atoms with Gasteiger partial charge < -0.3 is 15.5 Å². The van der Waals surface area contributed by atoms with E-state index in [1.807, 2.05) is 0 Å². The Balaban J connectivity index is 0.000000440. The first-order chi connectivity index (χ1) is 16.4. The highest BCUT2D eigenvalue weighted by atomic mass is 16.4. The van der Waals surface area contributed by atoms with Crippen molar-refractivity contribution in [3.63, 3.8) is 0 Å². The molecule has 184 valence electrons. The van der Waals surface area contributed by atoms with Crippen molar-refractivity contribution < 1.29 is 19.8 Å². The molecule has 0 atom stereocenters. The molecule has 2 aromatic carbocycles. The van der Waals surface area contributed by atoms with Crippen LogP contribution >= 0.6 is 0 Å². The Bertz CT molecular complexity index is 888. The van der Waals surface area contributed by atoms with Crippen molar-refractivity contribution >= 4 is 11.9 Å². The van der Waals surface area contributed by atoms with Crippen molar-refractivity contribution in [1.29, 1.82) is 0 Å². The Hall–Kier alpha value is -2.96. The van der Waals surface area contributed by atoms with Gasteiger partial charge in [0.05, 0.1) is 0 Å². The predicted molar refractivity (Wildman–Crippen MR) is 137 cm³/mol. The first-order valence-electron chi connectivity index (χ1n) is 12.2. The molecule has 1 aliphatic rings. The number of carboxylic acid groups (broad SMARTS) is 2. The molecule has 1 heterocycles. The van der Waals surface area contributed by atoms with Crippen LogP contribution in [0.4, 0.5) is 0 Å². The van der Waals surface area contributed by atoms with Crippen molar-refractivity contribution in [2.24, 2.45) is 5.92 Å². The third kappa shape index (κ3) is 9.49. The molecule has 0 saturated carbocycles. The highest BCUT2D eigenvalue weighted by molar-refractivity contribution is 5.89. The topological polar surface area (TPSA) is 89.9 Å². The Morgan fingerprint density at radius 1 is 0.941 bits per heavy atom. The standard InChI is InChI=1S/C24H34N2.C4H4O4/c1-3-20(4-2)18-26(23-14-16-25-17-15-23)19-22-12-8-9-13-24(22)21-10-6-5-7-11-21;5-3(6)1-2-4(7)8/h5-13,20,23,25H,3-4,14-19H2,1-2H3;1-2H,(H,5,6)(H,7,8)/b;2-1+. The van der Waals surface area contributed by atoms with Crippen molar-refractivity contribution in [3.05, 3.63) is 72.3 Å². The molecule has 0 amide bonds. The van der Waals surface area contributed by atoms with Crippen LogP contribution in [0.3, 0.4) is 0 Å². The molecule has 0 spiro atoms. The first-order valence-corrected chi connectivity index (χ1v) is 12.2. The minimum absolute atomic E-state index is 0.558. The highest BCUT2D eigenvalue weighted by Crippen LogP contribution is 2.27. The number of rotatable bonds is 10. The summed E-state index contributed by atoms with van der Waals surface area (Å²) in [5.41, 5.74) is 4.18. The van der Waals surface area contributed by atoms with Crippen molar-refractivity contribution in [2.75, 3.05) is 19.6 Å². The van der Waals surface area contributed by atoms with Gasteiger partial charge in [-0.1, -0.05) is 81.3 Å². The second-order valence-corrected chi connectivity index (χ2v) is 8.63. The molecule has 1 aliphatic heterocycles. The van der Waals surface area contributed by atoms with E-state index >= 15 is 0 Å². The van der Waals surface area contributed by atoms with E-state index in [-0.39, 0.29) is 0 Å². The van der Waals surface area contributed by atoms with Crippen LogP contribution < -0.4 is 5.32 Å². The summed E-state index contributed by atoms with van der Waals surface area (Å²) in [5.74, 6) is -1.71. The molecule has 0 unspecified atom stereocenters. The minimum Gasteiger partial charge on any atom is -0.478 e. The van der Waals surface area contributed by atoms with Gasteiger partial charge in [-0.05, 0) is 48.5 Å². The summed E-state index contributed by atoms with van der Waals surface area (Å²) in [4.78, 5) is 21.9. The lowest BCUT2D eigenvalue weighted by Crippen LogP contribution is -2.44. The van der Waals surface area contributed by atoms with E-state index in [4.69, 9.17) is 10.2 Å². The molecule has 0 radical (unpaired) electrons. The van der Waals surface area contributed by atoms with E-state index in [2.05, 4.69) is 78.7 Å². The first kappa shape index (κ1) is 27.3. The van der Waals surface area contributed by atoms with Crippen LogP contribution in [0.1, 0.15) is 45.1 Å². The minimum atomic E-state index is -1.26. The lowest BCUT2D eigenvalue weighted by molar-refractivity contribution is -0.134. The van der Waals surface area contributed by atoms with Gasteiger partial charge in [0, 0.05) is 31.3 Å². The summed E-state index contributed by atoms with van der Waals surface area (Å²) in [6.45, 7) is 9.28. The van der Waals surface area contributed by atoms with Gasteiger partial charge in [-0.2, -0.15) is 0 Å². The number of benzene rings is 2. The fraction of sp³-hybridized carbons (Fsp3) is 0.429. The monoisotopic (exact) mass is 466 g/mol. The van der Waals surface area contributed by atoms with Crippen LogP contribution in [-0.2, 0) is 16.1 Å². The zero-order chi connectivity index (χ0) is 24.8. The summed E-state index contributed by atoms with van der Waals surface area (Å²) in [6.07, 6.45) is 6.21. The maximum atomic E-state index is 9.55. The average Bonchev–Trinajstić information content (AvgIpc) is 2.87. The zero-order valence-electron chi connectivity index (χ0n) is 20.3. The van der Waals surface area contributed by atoms with Crippen LogP contribution in [0, 0.1) is 5.92 Å². The van der Waals surface area contributed by atoms with Crippen LogP contribution in [0.2, 0.25) is 0 Å². The van der Waals surface area contributed by atoms with Crippen LogP contribution in [0.25, 0.3) is 11.1 Å². The summed E-state index contributed by atoms with van der Waals surface area (Å²) >= 11 is 0. The van der Waals surface area contributed by atoms with Crippen LogP contribution in [0.5, 0.6) is 0 Å². The van der Waals surface area contributed by atoms with Gasteiger partial charge in [-0.3, -0.25) is 4.90 Å². The SMILES string of the molecule is CCC(CC)CN(Cc1ccccc1-c1ccccc1)C1CCNCC1.O=C(O)/C=C/C(=O)O. The number of nitrogens with one attached hydrogen (secondary N) is 1. The van der Waals surface area contributed by atoms with Gasteiger partial charge in [0.25, 0.3) is 0 Å². The molecule has 0 aromatic heterocycles. The highest BCUT2D eigenvalue weighted by Gasteiger charge is 2.23. The summed E-state index contributed by atoms with van der Waals surface area (Å²) < 4.78 is 0. The molecule has 6 nitrogen and oxygen atoms in total. The van der Waals surface area contributed by atoms with Gasteiger partial charge in [0.2, 0.25) is 0 Å². The fourth-order valence-corrected chi connectivity index (χ4v) is 4.31. The summed E-state index contributed by atoms with van der Waals surface area (Å²) in [6, 6.07) is 20.5. The molecular weight excluding hydrogens is 428 g/mol. The molecular formula is C28H38N2O4. The Labute approximate surface area is 203 Å². The van der Waals surface area contributed by atoms with E-state index < -0.39 is 11.9 Å². The molecule has 6 heteroatoms. The van der Waals surface area contributed by atoms with Gasteiger partial charge in [-0.25, -0.2) is 9.59 Å². The lowest BCUT2D eigenvalue weighted by Gasteiger charge is -2.37. The van der Waals surface area contributed by atoms with Crippen molar-refractivity contribution in [1.82, 2.24) is 10.2 Å². The zero-order valence-corrected chi connectivity index (χ0v) is 20.3. The molecule has 1 saturated heterocycles. The number of aliphatic carboxylic acids is 2. The Morgan fingerprint density at radius 3 is 2.06 bits per heavy atom. The number of hydrogen-bond donors (Lipinski definition) is 3. The predicted octanol–water partition coefficient (Wildman–Crippen LogP) is 5.06. The van der Waals surface area contributed by atoms with Crippen molar-refractivity contribution in [2.45, 2.75) is 52.1 Å². The molecule has 2 aromatic rings. The molecule has 34 heavy (non-hydrogen) atoms. The van der Waals surface area contributed by atoms with Gasteiger partial charge >= 0.3 is 11.9 Å². The second-order valence-electron chi connectivity index (χ2n) is 8.63. The quantitative estimate of drug-likeness (QED) is 0.424. The van der Waals surface area contributed by atoms with E-state index in [9.17, 15) is 9.59 Å². The lowest BCUT2D eigenvalue weighted by atomic mass is 9.95. The maximum absolute atomic E-state index is 9.55. The van der Waals surface area contributed by atoms with E-state index in [0.717, 1.165) is 25.6 Å². The number of piperidine rings is 1. The number of carboxylic acids is 2. The van der Waals surface area contributed by atoms with Crippen molar-refractivity contribution in [3.8, 4) is 11.1 Å². The molecule has 1 fully saturated rings. The third-order valence-electron chi connectivity index (χ3n) is 6.32. The summed E-state index contributed by atoms with van der Waals surface area (Å²) in [7, 11) is 0. The number of nitrogens with zero attached hydrogens (tertiary/aromatic N) is 1.